The number of fused-ring (bicyclic) bond motifs is 1. The maximum absolute atomic E-state index is 12.8. The molecule has 4 rings (SSSR count). The highest BCUT2D eigenvalue weighted by Gasteiger charge is 2.54. The van der Waals surface area contributed by atoms with Crippen molar-refractivity contribution in [1.29, 1.82) is 5.26 Å². The number of carbonyl (C=O) groups is 1. The molecule has 3 N–H and O–H groups in total. The van der Waals surface area contributed by atoms with E-state index in [1.165, 1.54) is 51.3 Å². The zero-order chi connectivity index (χ0) is 36.4. The molecular formula is C32H56N6O9Si3. The van der Waals surface area contributed by atoms with Gasteiger partial charge in [0, 0.05) is 6.42 Å². The Morgan fingerprint density at radius 2 is 1.64 bits per heavy atom. The standard InChI is InChI=1S/C32H56N6O9Si3/c1-48(2,3)46-50(47-49(4,5)6,45-24-17-14-12-10-8-7-9-11-13-15-18-24)43-22-26-25(39)21-27(44-26)38-23-34-28-29(38)35-31(36-30(28)40)37-32(41)42-20-16-19-33/h23-27,39H,7-18,20-22H2,1-6H3,(H2,35,36,37,40,41)/t25-,26+,27+/m0/s1. The van der Waals surface area contributed by atoms with E-state index in [9.17, 15) is 14.7 Å². The van der Waals surface area contributed by atoms with Crippen molar-refractivity contribution in [2.45, 2.75) is 147 Å². The molecule has 1 amide bonds. The largest absolute Gasteiger partial charge is 0.658 e. The smallest absolute Gasteiger partial charge is 0.448 e. The van der Waals surface area contributed by atoms with Crippen molar-refractivity contribution in [3.05, 3.63) is 16.7 Å². The van der Waals surface area contributed by atoms with Crippen molar-refractivity contribution in [1.82, 2.24) is 19.5 Å². The third-order valence-electron chi connectivity index (χ3n) is 8.26. The van der Waals surface area contributed by atoms with Crippen LogP contribution < -0.4 is 10.9 Å². The second-order valence-electron chi connectivity index (χ2n) is 15.1. The number of carbonyl (C=O) groups excluding carboxylic acids is 1. The van der Waals surface area contributed by atoms with Gasteiger partial charge in [0.05, 0.1) is 37.6 Å². The normalized spacial score (nSPS) is 22.1. The lowest BCUT2D eigenvalue weighted by Crippen LogP contribution is -2.61. The van der Waals surface area contributed by atoms with Crippen LogP contribution in [0.4, 0.5) is 10.7 Å². The van der Waals surface area contributed by atoms with E-state index in [4.69, 9.17) is 31.8 Å². The Kier molecular flexibility index (Phi) is 14.8. The molecule has 2 aromatic heterocycles. The number of H-pyrrole nitrogens is 1. The van der Waals surface area contributed by atoms with Crippen LogP contribution in [0.2, 0.25) is 39.3 Å². The highest BCUT2D eigenvalue weighted by molar-refractivity contribution is 6.83. The Hall–Kier alpha value is -2.48. The highest BCUT2D eigenvalue weighted by Crippen LogP contribution is 2.33. The quantitative estimate of drug-likeness (QED) is 0.158. The van der Waals surface area contributed by atoms with Crippen LogP contribution in [0.5, 0.6) is 0 Å². The third-order valence-corrected chi connectivity index (χ3v) is 16.3. The number of hydrogen-bond acceptors (Lipinski definition) is 12. The van der Waals surface area contributed by atoms with Crippen LogP contribution in [0.3, 0.4) is 0 Å². The predicted molar refractivity (Wildman–Crippen MR) is 194 cm³/mol. The van der Waals surface area contributed by atoms with E-state index in [2.05, 4.69) is 59.6 Å². The lowest BCUT2D eigenvalue weighted by Gasteiger charge is -2.40. The van der Waals surface area contributed by atoms with Gasteiger partial charge in [-0.25, -0.2) is 9.78 Å². The molecule has 0 unspecified atom stereocenters. The number of aromatic nitrogens is 4. The van der Waals surface area contributed by atoms with Gasteiger partial charge < -0.3 is 31.7 Å². The number of hydrogen-bond donors (Lipinski definition) is 3. The van der Waals surface area contributed by atoms with Crippen LogP contribution >= 0.6 is 0 Å². The molecule has 3 atom stereocenters. The lowest BCUT2D eigenvalue weighted by atomic mass is 10.00. The van der Waals surface area contributed by atoms with E-state index < -0.39 is 55.8 Å². The molecule has 1 saturated heterocycles. The summed E-state index contributed by atoms with van der Waals surface area (Å²) in [7, 11) is -8.22. The molecular weight excluding hydrogens is 697 g/mol. The van der Waals surface area contributed by atoms with E-state index >= 15 is 0 Å². The summed E-state index contributed by atoms with van der Waals surface area (Å²) < 4.78 is 40.0. The highest BCUT2D eigenvalue weighted by atomic mass is 28.5. The zero-order valence-electron chi connectivity index (χ0n) is 30.5. The fourth-order valence-corrected chi connectivity index (χ4v) is 14.6. The van der Waals surface area contributed by atoms with Gasteiger partial charge in [-0.1, -0.05) is 57.8 Å². The maximum Gasteiger partial charge on any atom is 0.658 e. The Morgan fingerprint density at radius 1 is 1.04 bits per heavy atom. The average Bonchev–Trinajstić information content (AvgIpc) is 3.59. The summed E-state index contributed by atoms with van der Waals surface area (Å²) in [6.07, 6.45) is 11.0. The summed E-state index contributed by atoms with van der Waals surface area (Å²) >= 11 is 0. The van der Waals surface area contributed by atoms with Gasteiger partial charge in [-0.05, 0) is 52.1 Å². The molecule has 0 spiro atoms. The summed E-state index contributed by atoms with van der Waals surface area (Å²) in [5.74, 6) is -0.156. The first-order chi connectivity index (χ1) is 23.7. The van der Waals surface area contributed by atoms with Crippen LogP contribution in [0.25, 0.3) is 11.2 Å². The number of nitrogens with zero attached hydrogens (tertiary/aromatic N) is 4. The number of rotatable bonds is 13. The molecule has 50 heavy (non-hydrogen) atoms. The first-order valence-electron chi connectivity index (χ1n) is 18.0. The molecule has 0 radical (unpaired) electrons. The number of nitriles is 1. The first kappa shape index (κ1) is 40.3. The molecule has 1 aliphatic heterocycles. The summed E-state index contributed by atoms with van der Waals surface area (Å²) in [6, 6.07) is 1.88. The molecule has 2 aromatic rings. The molecule has 15 nitrogen and oxygen atoms in total. The van der Waals surface area contributed by atoms with Gasteiger partial charge in [-0.2, -0.15) is 10.2 Å². The van der Waals surface area contributed by atoms with E-state index in [1.54, 1.807) is 4.57 Å². The van der Waals surface area contributed by atoms with Crippen molar-refractivity contribution in [3.8, 4) is 6.07 Å². The van der Waals surface area contributed by atoms with Crippen LogP contribution in [-0.4, -0.2) is 87.9 Å². The minimum Gasteiger partial charge on any atom is -0.448 e. The minimum absolute atomic E-state index is 0.0203. The number of amides is 1. The molecule has 18 heteroatoms. The molecule has 280 valence electrons. The van der Waals surface area contributed by atoms with Gasteiger partial charge in [0.15, 0.2) is 27.8 Å². The number of imidazole rings is 1. The molecule has 2 fully saturated rings. The van der Waals surface area contributed by atoms with Crippen LogP contribution in [-0.2, 0) is 26.6 Å². The summed E-state index contributed by atoms with van der Waals surface area (Å²) in [5.41, 5.74) is -0.389. The number of aliphatic hydroxyl groups is 1. The van der Waals surface area contributed by atoms with E-state index in [0.717, 1.165) is 25.7 Å². The van der Waals surface area contributed by atoms with Crippen molar-refractivity contribution in [2.75, 3.05) is 18.5 Å². The van der Waals surface area contributed by atoms with Gasteiger partial charge in [0.25, 0.3) is 5.56 Å². The first-order valence-corrected chi connectivity index (χ1v) is 26.5. The third kappa shape index (κ3) is 12.6. The fourth-order valence-electron chi connectivity index (χ4n) is 6.10. The second kappa shape index (κ2) is 18.3. The predicted octanol–water partition coefficient (Wildman–Crippen LogP) is 6.08. The number of nitrogens with one attached hydrogen (secondary N) is 2. The average molecular weight is 753 g/mol. The topological polar surface area (TPSA) is 192 Å². The molecule has 3 heterocycles. The van der Waals surface area contributed by atoms with Gasteiger partial charge in [-0.3, -0.25) is 19.7 Å². The molecule has 0 aromatic carbocycles. The van der Waals surface area contributed by atoms with E-state index in [-0.39, 0.29) is 49.3 Å². The molecule has 2 aliphatic rings. The van der Waals surface area contributed by atoms with Crippen molar-refractivity contribution in [2.24, 2.45) is 0 Å². The molecule has 0 bridgehead atoms. The van der Waals surface area contributed by atoms with Crippen LogP contribution in [0.1, 0.15) is 89.7 Å². The molecule has 1 saturated carbocycles. The number of anilines is 1. The Balaban J connectivity index is 1.52. The van der Waals surface area contributed by atoms with Gasteiger partial charge in [0.2, 0.25) is 5.95 Å². The monoisotopic (exact) mass is 752 g/mol. The number of aromatic amines is 1. The summed E-state index contributed by atoms with van der Waals surface area (Å²) in [5, 5.41) is 22.2. The zero-order valence-corrected chi connectivity index (χ0v) is 33.5. The van der Waals surface area contributed by atoms with Gasteiger partial charge in [-0.15, -0.1) is 0 Å². The van der Waals surface area contributed by atoms with Crippen molar-refractivity contribution >= 4 is 48.9 Å². The fraction of sp³-hybridized carbons (Fsp3) is 0.781. The van der Waals surface area contributed by atoms with E-state index in [1.807, 2.05) is 6.07 Å². The van der Waals surface area contributed by atoms with Gasteiger partial charge >= 0.3 is 15.1 Å². The second-order valence-corrected chi connectivity index (χ2v) is 26.7. The summed E-state index contributed by atoms with van der Waals surface area (Å²) in [4.78, 5) is 35.9. The van der Waals surface area contributed by atoms with E-state index in [0.29, 0.717) is 0 Å². The summed E-state index contributed by atoms with van der Waals surface area (Å²) in [6.45, 7) is 12.5. The Labute approximate surface area is 298 Å². The van der Waals surface area contributed by atoms with Crippen LogP contribution in [0.15, 0.2) is 11.1 Å². The number of aliphatic hydroxyl groups excluding tert-OH is 1. The van der Waals surface area contributed by atoms with Crippen molar-refractivity contribution < 1.29 is 36.5 Å². The molecule has 1 aliphatic carbocycles. The van der Waals surface area contributed by atoms with Crippen molar-refractivity contribution in [3.63, 3.8) is 0 Å². The van der Waals surface area contributed by atoms with Crippen LogP contribution in [0, 0.1) is 11.3 Å². The minimum atomic E-state index is -3.73. The number of ether oxygens (including phenoxy) is 2. The maximum atomic E-state index is 12.8. The lowest BCUT2D eigenvalue weighted by molar-refractivity contribution is -0.0700. The SMILES string of the molecule is C[Si](C)(C)O[Si](OC[C@H]1O[C@@H](n2cnc3c(=O)[nH]c(NC(=O)OCCC#N)nc32)C[C@@H]1O)(OC1CCCCCCCCCCC1)O[Si](C)(C)C. The van der Waals surface area contributed by atoms with Gasteiger partial charge in [0.1, 0.15) is 18.9 Å². The Morgan fingerprint density at radius 3 is 2.22 bits per heavy atom. The Bertz CT molecular complexity index is 1460.